The van der Waals surface area contributed by atoms with Crippen LogP contribution in [0.25, 0.3) is 0 Å². The number of nitrogens with zero attached hydrogens (tertiary/aromatic N) is 1. The van der Waals surface area contributed by atoms with Gasteiger partial charge in [-0.2, -0.15) is 0 Å². The lowest BCUT2D eigenvalue weighted by Gasteiger charge is -2.17. The zero-order valence-electron chi connectivity index (χ0n) is 13.7. The lowest BCUT2D eigenvalue weighted by Crippen LogP contribution is -2.30. The number of hydrogen-bond donors (Lipinski definition) is 1. The summed E-state index contributed by atoms with van der Waals surface area (Å²) in [5, 5.41) is 2.92. The second-order valence-electron chi connectivity index (χ2n) is 5.41. The molecule has 0 aliphatic heterocycles. The van der Waals surface area contributed by atoms with Crippen molar-refractivity contribution in [1.82, 2.24) is 4.90 Å². The van der Waals surface area contributed by atoms with Gasteiger partial charge in [0.25, 0.3) is 0 Å². The Morgan fingerprint density at radius 2 is 1.96 bits per heavy atom. The van der Waals surface area contributed by atoms with Crippen molar-refractivity contribution >= 4 is 23.4 Å². The Morgan fingerprint density at radius 3 is 2.71 bits per heavy atom. The monoisotopic (exact) mass is 344 g/mol. The van der Waals surface area contributed by atoms with Crippen molar-refractivity contribution in [2.75, 3.05) is 24.7 Å². The van der Waals surface area contributed by atoms with Gasteiger partial charge in [-0.25, -0.2) is 4.39 Å². The molecule has 0 unspecified atom stereocenters. The molecule has 0 atom stereocenters. The predicted octanol–water partition coefficient (Wildman–Crippen LogP) is 4.17. The van der Waals surface area contributed by atoms with Gasteiger partial charge in [-0.05, 0) is 25.2 Å². The van der Waals surface area contributed by atoms with E-state index in [0.717, 1.165) is 16.3 Å². The lowest BCUT2D eigenvalue weighted by atomic mass is 10.2. The minimum atomic E-state index is -0.254. The van der Waals surface area contributed by atoms with Crippen molar-refractivity contribution in [1.29, 1.82) is 0 Å². The van der Waals surface area contributed by atoms with Crippen LogP contribution in [-0.4, -0.2) is 30.2 Å². The maximum Gasteiger partial charge on any atom is 0.238 e. The van der Waals surface area contributed by atoms with Crippen LogP contribution in [0, 0.1) is 5.82 Å². The Hall–Kier alpha value is -2.11. The second-order valence-corrected chi connectivity index (χ2v) is 6.47. The van der Waals surface area contributed by atoms with Crippen LogP contribution < -0.4 is 5.32 Å². The number of halogens is 1. The molecule has 3 nitrogen and oxygen atoms in total. The van der Waals surface area contributed by atoms with E-state index in [-0.39, 0.29) is 18.3 Å². The first-order valence-corrected chi connectivity index (χ1v) is 8.63. The predicted molar refractivity (Wildman–Crippen MR) is 98.7 cm³/mol. The molecule has 2 aromatic rings. The summed E-state index contributed by atoms with van der Waals surface area (Å²) in [4.78, 5) is 15.0. The van der Waals surface area contributed by atoms with Crippen molar-refractivity contribution in [3.63, 3.8) is 0 Å². The van der Waals surface area contributed by atoms with E-state index in [4.69, 9.17) is 0 Å². The van der Waals surface area contributed by atoms with Gasteiger partial charge in [-0.15, -0.1) is 18.3 Å². The van der Waals surface area contributed by atoms with Gasteiger partial charge in [0.05, 0.1) is 12.2 Å². The molecule has 0 saturated heterocycles. The van der Waals surface area contributed by atoms with Gasteiger partial charge < -0.3 is 5.32 Å². The minimum absolute atomic E-state index is 0.125. The third kappa shape index (κ3) is 5.51. The number of rotatable bonds is 8. The summed E-state index contributed by atoms with van der Waals surface area (Å²) in [6, 6.07) is 14.3. The minimum Gasteiger partial charge on any atom is -0.324 e. The van der Waals surface area contributed by atoms with Crippen LogP contribution in [0.1, 0.15) is 5.56 Å². The third-order valence-corrected chi connectivity index (χ3v) is 4.40. The Labute approximate surface area is 146 Å². The fourth-order valence-corrected chi connectivity index (χ4v) is 3.00. The van der Waals surface area contributed by atoms with E-state index >= 15 is 0 Å². The third-order valence-electron chi connectivity index (χ3n) is 3.33. The molecule has 0 saturated carbocycles. The number of benzene rings is 2. The standard InChI is InChI=1S/C19H21FN2OS/c1-3-12-24-18-11-7-6-10-17(18)21-19(23)14-22(2)13-15-8-4-5-9-16(15)20/h3-11H,1,12-14H2,2H3,(H,21,23). The number of carbonyl (C=O) groups excluding carboxylic acids is 1. The molecule has 2 rings (SSSR count). The molecule has 0 aliphatic carbocycles. The van der Waals surface area contributed by atoms with E-state index in [1.807, 2.05) is 30.3 Å². The highest BCUT2D eigenvalue weighted by Gasteiger charge is 2.11. The number of anilines is 1. The van der Waals surface area contributed by atoms with Crippen LogP contribution in [0.2, 0.25) is 0 Å². The number of likely N-dealkylation sites (N-methyl/N-ethyl adjacent to an activating group) is 1. The van der Waals surface area contributed by atoms with E-state index in [1.54, 1.807) is 41.9 Å². The molecule has 2 aromatic carbocycles. The van der Waals surface area contributed by atoms with Crippen molar-refractivity contribution in [3.05, 3.63) is 72.6 Å². The van der Waals surface area contributed by atoms with Crippen molar-refractivity contribution in [2.24, 2.45) is 0 Å². The first kappa shape index (κ1) is 18.2. The molecule has 5 heteroatoms. The highest BCUT2D eigenvalue weighted by Crippen LogP contribution is 2.26. The average molecular weight is 344 g/mol. The van der Waals surface area contributed by atoms with E-state index in [1.165, 1.54) is 6.07 Å². The highest BCUT2D eigenvalue weighted by atomic mass is 32.2. The van der Waals surface area contributed by atoms with Crippen LogP contribution in [0.3, 0.4) is 0 Å². The molecule has 0 heterocycles. The Bertz CT molecular complexity index is 705. The number of para-hydroxylation sites is 1. The number of hydrogen-bond acceptors (Lipinski definition) is 3. The zero-order chi connectivity index (χ0) is 17.4. The van der Waals surface area contributed by atoms with Gasteiger partial charge in [-0.1, -0.05) is 36.4 Å². The molecule has 0 fully saturated rings. The van der Waals surface area contributed by atoms with Gasteiger partial charge in [0.2, 0.25) is 5.91 Å². The SMILES string of the molecule is C=CCSc1ccccc1NC(=O)CN(C)Cc1ccccc1F. The molecule has 0 bridgehead atoms. The number of carbonyl (C=O) groups is 1. The molecular weight excluding hydrogens is 323 g/mol. The quantitative estimate of drug-likeness (QED) is 0.576. The van der Waals surface area contributed by atoms with E-state index < -0.39 is 0 Å². The van der Waals surface area contributed by atoms with E-state index in [2.05, 4.69) is 11.9 Å². The van der Waals surface area contributed by atoms with Gasteiger partial charge in [0.15, 0.2) is 0 Å². The van der Waals surface area contributed by atoms with Crippen LogP contribution >= 0.6 is 11.8 Å². The summed E-state index contributed by atoms with van der Waals surface area (Å²) in [7, 11) is 1.80. The lowest BCUT2D eigenvalue weighted by molar-refractivity contribution is -0.117. The maximum absolute atomic E-state index is 13.7. The van der Waals surface area contributed by atoms with Gasteiger partial charge >= 0.3 is 0 Å². The van der Waals surface area contributed by atoms with Crippen molar-refractivity contribution in [2.45, 2.75) is 11.4 Å². The Morgan fingerprint density at radius 1 is 1.25 bits per heavy atom. The smallest absolute Gasteiger partial charge is 0.238 e. The molecule has 0 aliphatic rings. The van der Waals surface area contributed by atoms with Crippen LogP contribution in [-0.2, 0) is 11.3 Å². The van der Waals surface area contributed by atoms with Gasteiger partial charge in [-0.3, -0.25) is 9.69 Å². The normalized spacial score (nSPS) is 10.6. The first-order valence-electron chi connectivity index (χ1n) is 7.64. The molecule has 0 spiro atoms. The molecule has 126 valence electrons. The fraction of sp³-hybridized carbons (Fsp3) is 0.211. The van der Waals surface area contributed by atoms with Crippen molar-refractivity contribution < 1.29 is 9.18 Å². The largest absolute Gasteiger partial charge is 0.324 e. The van der Waals surface area contributed by atoms with Crippen molar-refractivity contribution in [3.8, 4) is 0 Å². The number of thioether (sulfide) groups is 1. The molecular formula is C19H21FN2OS. The summed E-state index contributed by atoms with van der Waals surface area (Å²) < 4.78 is 13.7. The Balaban J connectivity index is 1.93. The fourth-order valence-electron chi connectivity index (χ4n) is 2.25. The first-order chi connectivity index (χ1) is 11.6. The van der Waals surface area contributed by atoms with E-state index in [9.17, 15) is 9.18 Å². The number of nitrogens with one attached hydrogen (secondary N) is 1. The number of amides is 1. The van der Waals surface area contributed by atoms with Crippen LogP contribution in [0.4, 0.5) is 10.1 Å². The summed E-state index contributed by atoms with van der Waals surface area (Å²) in [5.74, 6) is 0.400. The van der Waals surface area contributed by atoms with E-state index in [0.29, 0.717) is 12.1 Å². The Kier molecular flexibility index (Phi) is 7.03. The summed E-state index contributed by atoms with van der Waals surface area (Å²) in [6.45, 7) is 4.28. The molecule has 0 aromatic heterocycles. The average Bonchev–Trinajstić information content (AvgIpc) is 2.56. The van der Waals surface area contributed by atoms with Gasteiger partial charge in [0, 0.05) is 22.8 Å². The second kappa shape index (κ2) is 9.25. The summed E-state index contributed by atoms with van der Waals surface area (Å²) in [5.41, 5.74) is 1.36. The highest BCUT2D eigenvalue weighted by molar-refractivity contribution is 7.99. The molecule has 1 N–H and O–H groups in total. The summed E-state index contributed by atoms with van der Waals surface area (Å²) in [6.07, 6.45) is 1.82. The molecule has 24 heavy (non-hydrogen) atoms. The van der Waals surface area contributed by atoms with Crippen LogP contribution in [0.15, 0.2) is 66.1 Å². The summed E-state index contributed by atoms with van der Waals surface area (Å²) >= 11 is 1.62. The maximum atomic E-state index is 13.7. The molecule has 0 radical (unpaired) electrons. The topological polar surface area (TPSA) is 32.3 Å². The van der Waals surface area contributed by atoms with Gasteiger partial charge in [0.1, 0.15) is 5.82 Å². The zero-order valence-corrected chi connectivity index (χ0v) is 14.5. The molecule has 1 amide bonds. The van der Waals surface area contributed by atoms with Crippen LogP contribution in [0.5, 0.6) is 0 Å².